The summed E-state index contributed by atoms with van der Waals surface area (Å²) in [6, 6.07) is 0. The maximum atomic E-state index is 5.56. The Labute approximate surface area is 88.8 Å². The van der Waals surface area contributed by atoms with Gasteiger partial charge >= 0.3 is 0 Å². The van der Waals surface area contributed by atoms with Crippen molar-refractivity contribution in [3.63, 3.8) is 0 Å². The first-order valence-corrected chi connectivity index (χ1v) is 5.60. The molecule has 0 aromatic carbocycles. The van der Waals surface area contributed by atoms with Crippen molar-refractivity contribution in [2.75, 3.05) is 46.9 Å². The zero-order chi connectivity index (χ0) is 10.8. The van der Waals surface area contributed by atoms with E-state index < -0.39 is 0 Å². The predicted octanol–water partition coefficient (Wildman–Crippen LogP) is 1.20. The van der Waals surface area contributed by atoms with E-state index in [0.717, 1.165) is 32.8 Å². The number of hydrogen-bond acceptors (Lipinski definition) is 3. The molecule has 0 aliphatic carbocycles. The molecule has 0 saturated heterocycles. The summed E-state index contributed by atoms with van der Waals surface area (Å²) in [5.74, 6) is 0.615. The lowest BCUT2D eigenvalue weighted by molar-refractivity contribution is 0.0917. The molecule has 0 aromatic heterocycles. The molecule has 0 aliphatic rings. The van der Waals surface area contributed by atoms with E-state index >= 15 is 0 Å². The molecule has 0 aliphatic heterocycles. The normalized spacial score (nSPS) is 13.5. The maximum absolute atomic E-state index is 5.56. The molecule has 0 radical (unpaired) electrons. The second kappa shape index (κ2) is 9.44. The minimum Gasteiger partial charge on any atom is -0.380 e. The summed E-state index contributed by atoms with van der Waals surface area (Å²) in [6.07, 6.45) is 1.20. The van der Waals surface area contributed by atoms with E-state index in [1.54, 1.807) is 0 Å². The summed E-state index contributed by atoms with van der Waals surface area (Å²) in [5.41, 5.74) is 0. The number of ether oxygens (including phenoxy) is 1. The average Bonchev–Trinajstić information content (AvgIpc) is 2.13. The fraction of sp³-hybridized carbons (Fsp3) is 1.00. The molecule has 0 bridgehead atoms. The fourth-order valence-corrected chi connectivity index (χ4v) is 1.12. The maximum Gasteiger partial charge on any atom is 0.0593 e. The Balaban J connectivity index is 3.14. The number of rotatable bonds is 9. The van der Waals surface area contributed by atoms with Gasteiger partial charge < -0.3 is 15.0 Å². The Kier molecular flexibility index (Phi) is 9.35. The zero-order valence-electron chi connectivity index (χ0n) is 10.2. The van der Waals surface area contributed by atoms with Gasteiger partial charge in [-0.1, -0.05) is 13.8 Å². The summed E-state index contributed by atoms with van der Waals surface area (Å²) in [7, 11) is 4.13. The molecule has 3 heteroatoms. The fourth-order valence-electron chi connectivity index (χ4n) is 1.12. The topological polar surface area (TPSA) is 24.5 Å². The second-order valence-corrected chi connectivity index (χ2v) is 4.19. The van der Waals surface area contributed by atoms with Crippen molar-refractivity contribution < 1.29 is 4.74 Å². The average molecular weight is 202 g/mol. The van der Waals surface area contributed by atoms with Crippen LogP contribution in [0.25, 0.3) is 0 Å². The number of hydrogen-bond donors (Lipinski definition) is 1. The molecule has 0 amide bonds. The molecular weight excluding hydrogens is 176 g/mol. The molecule has 0 heterocycles. The first-order valence-electron chi connectivity index (χ1n) is 5.60. The Bertz CT molecular complexity index is 118. The Morgan fingerprint density at radius 2 is 2.07 bits per heavy atom. The summed E-state index contributed by atoms with van der Waals surface area (Å²) >= 11 is 0. The van der Waals surface area contributed by atoms with Crippen LogP contribution in [0, 0.1) is 5.92 Å². The minimum atomic E-state index is 0.615. The molecule has 0 aromatic rings. The van der Waals surface area contributed by atoms with Crippen LogP contribution in [0.5, 0.6) is 0 Å². The van der Waals surface area contributed by atoms with E-state index in [9.17, 15) is 0 Å². The van der Waals surface area contributed by atoms with E-state index in [-0.39, 0.29) is 0 Å². The summed E-state index contributed by atoms with van der Waals surface area (Å²) in [6.45, 7) is 9.30. The molecule has 1 atom stereocenters. The van der Waals surface area contributed by atoms with Crippen LogP contribution in [0.1, 0.15) is 20.3 Å². The van der Waals surface area contributed by atoms with Crippen LogP contribution < -0.4 is 5.32 Å². The molecule has 86 valence electrons. The van der Waals surface area contributed by atoms with E-state index in [4.69, 9.17) is 4.74 Å². The third-order valence-electron chi connectivity index (χ3n) is 2.00. The highest BCUT2D eigenvalue weighted by Crippen LogP contribution is 1.93. The molecule has 0 rings (SSSR count). The molecular formula is C11H26N2O. The van der Waals surface area contributed by atoms with Gasteiger partial charge in [-0.15, -0.1) is 0 Å². The lowest BCUT2D eigenvalue weighted by Crippen LogP contribution is -2.26. The zero-order valence-corrected chi connectivity index (χ0v) is 10.2. The Hall–Kier alpha value is -0.120. The van der Waals surface area contributed by atoms with Crippen LogP contribution in [-0.4, -0.2) is 51.8 Å². The Morgan fingerprint density at radius 3 is 2.64 bits per heavy atom. The van der Waals surface area contributed by atoms with Gasteiger partial charge in [-0.2, -0.15) is 0 Å². The van der Waals surface area contributed by atoms with Crippen molar-refractivity contribution >= 4 is 0 Å². The van der Waals surface area contributed by atoms with Gasteiger partial charge in [0, 0.05) is 6.54 Å². The van der Waals surface area contributed by atoms with Crippen LogP contribution >= 0.6 is 0 Å². The van der Waals surface area contributed by atoms with Crippen molar-refractivity contribution in [3.05, 3.63) is 0 Å². The molecule has 0 saturated carbocycles. The summed E-state index contributed by atoms with van der Waals surface area (Å²) < 4.78 is 5.56. The molecule has 1 unspecified atom stereocenters. The van der Waals surface area contributed by atoms with Gasteiger partial charge in [-0.05, 0) is 39.5 Å². The van der Waals surface area contributed by atoms with Crippen molar-refractivity contribution in [3.8, 4) is 0 Å². The van der Waals surface area contributed by atoms with Gasteiger partial charge in [-0.3, -0.25) is 0 Å². The van der Waals surface area contributed by atoms with Gasteiger partial charge in [0.1, 0.15) is 0 Å². The molecule has 0 fully saturated rings. The van der Waals surface area contributed by atoms with Crippen molar-refractivity contribution in [1.29, 1.82) is 0 Å². The van der Waals surface area contributed by atoms with Crippen molar-refractivity contribution in [2.45, 2.75) is 20.3 Å². The quantitative estimate of drug-likeness (QED) is 0.569. The van der Waals surface area contributed by atoms with Crippen LogP contribution in [0.4, 0.5) is 0 Å². The number of nitrogens with one attached hydrogen (secondary N) is 1. The van der Waals surface area contributed by atoms with Crippen LogP contribution in [0.15, 0.2) is 0 Å². The van der Waals surface area contributed by atoms with Gasteiger partial charge in [-0.25, -0.2) is 0 Å². The highest BCUT2D eigenvalue weighted by molar-refractivity contribution is 4.55. The van der Waals surface area contributed by atoms with Crippen LogP contribution in [-0.2, 0) is 4.74 Å². The largest absolute Gasteiger partial charge is 0.380 e. The molecule has 1 N–H and O–H groups in total. The van der Waals surface area contributed by atoms with Gasteiger partial charge in [0.15, 0.2) is 0 Å². The second-order valence-electron chi connectivity index (χ2n) is 4.19. The highest BCUT2D eigenvalue weighted by Gasteiger charge is 2.01. The van der Waals surface area contributed by atoms with Gasteiger partial charge in [0.05, 0.1) is 13.2 Å². The smallest absolute Gasteiger partial charge is 0.0593 e. The molecule has 3 nitrogen and oxygen atoms in total. The minimum absolute atomic E-state index is 0.615. The predicted molar refractivity (Wildman–Crippen MR) is 61.7 cm³/mol. The first-order chi connectivity index (χ1) is 6.66. The molecule has 14 heavy (non-hydrogen) atoms. The lowest BCUT2D eigenvalue weighted by atomic mass is 10.2. The van der Waals surface area contributed by atoms with E-state index in [0.29, 0.717) is 5.92 Å². The molecule has 0 spiro atoms. The summed E-state index contributed by atoms with van der Waals surface area (Å²) in [4.78, 5) is 2.14. The van der Waals surface area contributed by atoms with Crippen LogP contribution in [0.2, 0.25) is 0 Å². The Morgan fingerprint density at radius 1 is 1.36 bits per heavy atom. The van der Waals surface area contributed by atoms with E-state index in [1.165, 1.54) is 6.42 Å². The monoisotopic (exact) mass is 202 g/mol. The lowest BCUT2D eigenvalue weighted by Gasteiger charge is -2.14. The summed E-state index contributed by atoms with van der Waals surface area (Å²) in [5, 5.41) is 3.39. The van der Waals surface area contributed by atoms with E-state index in [2.05, 4.69) is 38.2 Å². The van der Waals surface area contributed by atoms with E-state index in [1.807, 2.05) is 0 Å². The van der Waals surface area contributed by atoms with Crippen molar-refractivity contribution in [1.82, 2.24) is 10.2 Å². The van der Waals surface area contributed by atoms with Crippen molar-refractivity contribution in [2.24, 2.45) is 5.92 Å². The SMILES string of the molecule is CCCNCC(C)COCCN(C)C. The standard InChI is InChI=1S/C11H26N2O/c1-5-6-12-9-11(2)10-14-8-7-13(3)4/h11-12H,5-10H2,1-4H3. The van der Waals surface area contributed by atoms with Gasteiger partial charge in [0.25, 0.3) is 0 Å². The van der Waals surface area contributed by atoms with Gasteiger partial charge in [0.2, 0.25) is 0 Å². The number of likely N-dealkylation sites (N-methyl/N-ethyl adjacent to an activating group) is 1. The third kappa shape index (κ3) is 9.96. The first kappa shape index (κ1) is 13.9. The van der Waals surface area contributed by atoms with Crippen LogP contribution in [0.3, 0.4) is 0 Å². The highest BCUT2D eigenvalue weighted by atomic mass is 16.5. The number of nitrogens with zero attached hydrogens (tertiary/aromatic N) is 1. The third-order valence-corrected chi connectivity index (χ3v) is 2.00.